The van der Waals surface area contributed by atoms with Gasteiger partial charge in [-0.2, -0.15) is 0 Å². The zero-order valence-electron chi connectivity index (χ0n) is 10.1. The number of rotatable bonds is 5. The molecule has 0 aromatic heterocycles. The Hall–Kier alpha value is -0.540. The Kier molecular flexibility index (Phi) is 5.29. The average molecular weight is 287 g/mol. The molecular formula is C13H19BrO2. The normalized spacial score (nSPS) is 12.6. The summed E-state index contributed by atoms with van der Waals surface area (Å²) in [6.45, 7) is 7.01. The maximum atomic E-state index is 8.89. The average Bonchev–Trinajstić information content (AvgIpc) is 2.25. The van der Waals surface area contributed by atoms with Crippen LogP contribution >= 0.6 is 15.9 Å². The molecule has 90 valence electrons. The second-order valence-corrected chi connectivity index (χ2v) is 5.09. The van der Waals surface area contributed by atoms with E-state index in [-0.39, 0.29) is 6.61 Å². The smallest absolute Gasteiger partial charge is 0.119 e. The number of aliphatic hydroxyl groups is 1. The molecule has 0 aliphatic heterocycles. The van der Waals surface area contributed by atoms with Gasteiger partial charge in [-0.1, -0.05) is 22.9 Å². The third-order valence-corrected chi connectivity index (χ3v) is 3.85. The van der Waals surface area contributed by atoms with Gasteiger partial charge in [0.25, 0.3) is 0 Å². The minimum Gasteiger partial charge on any atom is -0.494 e. The lowest BCUT2D eigenvalue weighted by molar-refractivity contribution is 0.202. The van der Waals surface area contributed by atoms with Gasteiger partial charge in [-0.25, -0.2) is 0 Å². The molecule has 0 saturated carbocycles. The van der Waals surface area contributed by atoms with Gasteiger partial charge in [0.05, 0.1) is 6.61 Å². The SMILES string of the molecule is Cc1cc(OCCC(C)CO)cc(C)c1Br. The third kappa shape index (κ3) is 3.80. The Labute approximate surface area is 106 Å². The Morgan fingerprint density at radius 1 is 1.31 bits per heavy atom. The molecule has 1 unspecified atom stereocenters. The predicted molar refractivity (Wildman–Crippen MR) is 70.0 cm³/mol. The number of halogens is 1. The lowest BCUT2D eigenvalue weighted by Crippen LogP contribution is -2.07. The van der Waals surface area contributed by atoms with E-state index in [1.54, 1.807) is 0 Å². The molecule has 0 aliphatic rings. The Balaban J connectivity index is 2.55. The summed E-state index contributed by atoms with van der Waals surface area (Å²) >= 11 is 3.53. The van der Waals surface area contributed by atoms with Gasteiger partial charge in [-0.05, 0) is 49.4 Å². The van der Waals surface area contributed by atoms with Gasteiger partial charge >= 0.3 is 0 Å². The van der Waals surface area contributed by atoms with Crippen LogP contribution in [0.3, 0.4) is 0 Å². The van der Waals surface area contributed by atoms with Crippen LogP contribution in [0.25, 0.3) is 0 Å². The zero-order chi connectivity index (χ0) is 12.1. The first kappa shape index (κ1) is 13.5. The second kappa shape index (κ2) is 6.26. The van der Waals surface area contributed by atoms with Crippen molar-refractivity contribution in [2.45, 2.75) is 27.2 Å². The fourth-order valence-electron chi connectivity index (χ4n) is 1.46. The van der Waals surface area contributed by atoms with Gasteiger partial charge in [-0.15, -0.1) is 0 Å². The van der Waals surface area contributed by atoms with E-state index < -0.39 is 0 Å². The van der Waals surface area contributed by atoms with Crippen molar-refractivity contribution in [3.8, 4) is 5.75 Å². The Bertz CT molecular complexity index is 327. The Morgan fingerprint density at radius 2 is 1.88 bits per heavy atom. The van der Waals surface area contributed by atoms with Crippen molar-refractivity contribution >= 4 is 15.9 Å². The summed E-state index contributed by atoms with van der Waals surface area (Å²) in [5.74, 6) is 1.21. The molecule has 0 aliphatic carbocycles. The fourth-order valence-corrected chi connectivity index (χ4v) is 1.69. The van der Waals surface area contributed by atoms with Crippen LogP contribution in [-0.2, 0) is 0 Å². The summed E-state index contributed by atoms with van der Waals surface area (Å²) in [6.07, 6.45) is 0.880. The monoisotopic (exact) mass is 286 g/mol. The molecule has 0 fully saturated rings. The van der Waals surface area contributed by atoms with E-state index in [2.05, 4.69) is 29.8 Å². The summed E-state index contributed by atoms with van der Waals surface area (Å²) in [7, 11) is 0. The number of ether oxygens (including phenoxy) is 1. The molecule has 0 heterocycles. The molecule has 3 heteroatoms. The van der Waals surface area contributed by atoms with Crippen molar-refractivity contribution in [1.29, 1.82) is 0 Å². The van der Waals surface area contributed by atoms with Crippen LogP contribution in [-0.4, -0.2) is 18.3 Å². The van der Waals surface area contributed by atoms with E-state index >= 15 is 0 Å². The first-order valence-corrected chi connectivity index (χ1v) is 6.34. The van der Waals surface area contributed by atoms with Crippen molar-refractivity contribution in [2.75, 3.05) is 13.2 Å². The standard InChI is InChI=1S/C13H19BrO2/c1-9(8-15)4-5-16-12-6-10(2)13(14)11(3)7-12/h6-7,9,15H,4-5,8H2,1-3H3. The Morgan fingerprint density at radius 3 is 2.38 bits per heavy atom. The highest BCUT2D eigenvalue weighted by Crippen LogP contribution is 2.26. The minimum absolute atomic E-state index is 0.224. The van der Waals surface area contributed by atoms with E-state index in [1.165, 1.54) is 11.1 Å². The molecule has 1 N–H and O–H groups in total. The fraction of sp³-hybridized carbons (Fsp3) is 0.538. The van der Waals surface area contributed by atoms with Gasteiger partial charge < -0.3 is 9.84 Å². The van der Waals surface area contributed by atoms with E-state index in [4.69, 9.17) is 9.84 Å². The van der Waals surface area contributed by atoms with Crippen LogP contribution in [0.5, 0.6) is 5.75 Å². The molecule has 1 aromatic rings. The number of benzene rings is 1. The number of hydrogen-bond acceptors (Lipinski definition) is 2. The highest BCUT2D eigenvalue weighted by atomic mass is 79.9. The maximum Gasteiger partial charge on any atom is 0.119 e. The summed E-state index contributed by atoms with van der Waals surface area (Å²) in [5.41, 5.74) is 2.37. The van der Waals surface area contributed by atoms with Gasteiger partial charge in [0, 0.05) is 11.1 Å². The quantitative estimate of drug-likeness (QED) is 0.898. The lowest BCUT2D eigenvalue weighted by Gasteiger charge is -2.12. The highest BCUT2D eigenvalue weighted by Gasteiger charge is 2.04. The number of hydrogen-bond donors (Lipinski definition) is 1. The van der Waals surface area contributed by atoms with Crippen LogP contribution in [0.1, 0.15) is 24.5 Å². The molecule has 0 bridgehead atoms. The van der Waals surface area contributed by atoms with Crippen molar-refractivity contribution < 1.29 is 9.84 Å². The van der Waals surface area contributed by atoms with E-state index in [1.807, 2.05) is 19.1 Å². The van der Waals surface area contributed by atoms with Crippen LogP contribution in [0.2, 0.25) is 0 Å². The molecule has 16 heavy (non-hydrogen) atoms. The molecule has 1 atom stereocenters. The van der Waals surface area contributed by atoms with Crippen LogP contribution in [0, 0.1) is 19.8 Å². The van der Waals surface area contributed by atoms with Crippen molar-refractivity contribution in [2.24, 2.45) is 5.92 Å². The van der Waals surface area contributed by atoms with Crippen molar-refractivity contribution in [3.63, 3.8) is 0 Å². The number of aryl methyl sites for hydroxylation is 2. The van der Waals surface area contributed by atoms with Gasteiger partial charge in [0.2, 0.25) is 0 Å². The zero-order valence-corrected chi connectivity index (χ0v) is 11.7. The van der Waals surface area contributed by atoms with Gasteiger partial charge in [0.15, 0.2) is 0 Å². The topological polar surface area (TPSA) is 29.5 Å². The van der Waals surface area contributed by atoms with Crippen molar-refractivity contribution in [3.05, 3.63) is 27.7 Å². The van der Waals surface area contributed by atoms with Crippen LogP contribution in [0.4, 0.5) is 0 Å². The van der Waals surface area contributed by atoms with E-state index in [9.17, 15) is 0 Å². The van der Waals surface area contributed by atoms with E-state index in [0.717, 1.165) is 16.6 Å². The highest BCUT2D eigenvalue weighted by molar-refractivity contribution is 9.10. The van der Waals surface area contributed by atoms with E-state index in [0.29, 0.717) is 12.5 Å². The molecule has 0 radical (unpaired) electrons. The second-order valence-electron chi connectivity index (χ2n) is 4.30. The lowest BCUT2D eigenvalue weighted by atomic mass is 10.1. The molecule has 1 rings (SSSR count). The van der Waals surface area contributed by atoms with Crippen LogP contribution < -0.4 is 4.74 Å². The van der Waals surface area contributed by atoms with Crippen molar-refractivity contribution in [1.82, 2.24) is 0 Å². The largest absolute Gasteiger partial charge is 0.494 e. The molecule has 0 saturated heterocycles. The number of aliphatic hydroxyl groups excluding tert-OH is 1. The molecule has 1 aromatic carbocycles. The summed E-state index contributed by atoms with van der Waals surface area (Å²) in [4.78, 5) is 0. The first-order valence-electron chi connectivity index (χ1n) is 5.55. The summed E-state index contributed by atoms with van der Waals surface area (Å²) < 4.78 is 6.81. The predicted octanol–water partition coefficient (Wildman–Crippen LogP) is 3.46. The molecule has 0 amide bonds. The summed E-state index contributed by atoms with van der Waals surface area (Å²) in [5, 5.41) is 8.89. The summed E-state index contributed by atoms with van der Waals surface area (Å²) in [6, 6.07) is 4.06. The third-order valence-electron chi connectivity index (χ3n) is 2.60. The minimum atomic E-state index is 0.224. The van der Waals surface area contributed by atoms with Gasteiger partial charge in [0.1, 0.15) is 5.75 Å². The molecular weight excluding hydrogens is 268 g/mol. The first-order chi connectivity index (χ1) is 7.54. The maximum absolute atomic E-state index is 8.89. The van der Waals surface area contributed by atoms with Gasteiger partial charge in [-0.3, -0.25) is 0 Å². The molecule has 0 spiro atoms. The van der Waals surface area contributed by atoms with Crippen LogP contribution in [0.15, 0.2) is 16.6 Å². The molecule has 2 nitrogen and oxygen atoms in total.